The van der Waals surface area contributed by atoms with Crippen LogP contribution in [0, 0.1) is 11.3 Å². The molecule has 0 saturated heterocycles. The highest BCUT2D eigenvalue weighted by Crippen LogP contribution is 2.27. The van der Waals surface area contributed by atoms with Crippen LogP contribution in [-0.4, -0.2) is 19.6 Å². The standard InChI is InChI=1S/C15H12ClN5O/c1-8(2)12-13(9-3-11(16)7-18-5-9)20-14-10(4-17)6-19-21(14)15(12)22/h3,5-8,20H,1-2H3. The van der Waals surface area contributed by atoms with E-state index in [4.69, 9.17) is 16.9 Å². The van der Waals surface area contributed by atoms with Crippen LogP contribution < -0.4 is 5.56 Å². The van der Waals surface area contributed by atoms with Crippen molar-refractivity contribution in [1.82, 2.24) is 19.6 Å². The summed E-state index contributed by atoms with van der Waals surface area (Å²) in [4.78, 5) is 19.9. The number of pyridine rings is 1. The van der Waals surface area contributed by atoms with Crippen molar-refractivity contribution in [3.63, 3.8) is 0 Å². The van der Waals surface area contributed by atoms with Crippen molar-refractivity contribution in [3.8, 4) is 17.3 Å². The second-order valence-electron chi connectivity index (χ2n) is 5.20. The van der Waals surface area contributed by atoms with E-state index in [1.54, 1.807) is 12.3 Å². The van der Waals surface area contributed by atoms with Crippen molar-refractivity contribution in [2.24, 2.45) is 0 Å². The van der Waals surface area contributed by atoms with Gasteiger partial charge in [0, 0.05) is 23.5 Å². The quantitative estimate of drug-likeness (QED) is 0.788. The summed E-state index contributed by atoms with van der Waals surface area (Å²) in [6, 6.07) is 3.75. The largest absolute Gasteiger partial charge is 0.338 e. The van der Waals surface area contributed by atoms with Crippen molar-refractivity contribution in [3.05, 3.63) is 51.2 Å². The molecule has 0 amide bonds. The zero-order valence-corrected chi connectivity index (χ0v) is 12.7. The molecule has 0 aliphatic heterocycles. The lowest BCUT2D eigenvalue weighted by Gasteiger charge is -2.13. The van der Waals surface area contributed by atoms with Crippen molar-refractivity contribution in [2.45, 2.75) is 19.8 Å². The molecule has 7 heteroatoms. The fourth-order valence-electron chi connectivity index (χ4n) is 2.42. The lowest BCUT2D eigenvalue weighted by molar-refractivity contribution is 0.797. The number of halogens is 1. The predicted octanol–water partition coefficient (Wildman–Crippen LogP) is 2.73. The van der Waals surface area contributed by atoms with E-state index in [-0.39, 0.29) is 11.5 Å². The fraction of sp³-hybridized carbons (Fsp3) is 0.200. The van der Waals surface area contributed by atoms with Crippen LogP contribution in [0.1, 0.15) is 30.9 Å². The van der Waals surface area contributed by atoms with Gasteiger partial charge in [0.05, 0.1) is 16.9 Å². The van der Waals surface area contributed by atoms with Gasteiger partial charge in [-0.25, -0.2) is 0 Å². The van der Waals surface area contributed by atoms with Gasteiger partial charge < -0.3 is 4.98 Å². The monoisotopic (exact) mass is 313 g/mol. The Balaban J connectivity index is 2.44. The van der Waals surface area contributed by atoms with E-state index in [1.807, 2.05) is 19.9 Å². The van der Waals surface area contributed by atoms with Crippen LogP contribution in [0.2, 0.25) is 5.02 Å². The van der Waals surface area contributed by atoms with E-state index < -0.39 is 0 Å². The minimum Gasteiger partial charge on any atom is -0.338 e. The third kappa shape index (κ3) is 2.16. The van der Waals surface area contributed by atoms with Crippen molar-refractivity contribution < 1.29 is 0 Å². The number of nitrogens with zero attached hydrogens (tertiary/aromatic N) is 4. The van der Waals surface area contributed by atoms with E-state index >= 15 is 0 Å². The van der Waals surface area contributed by atoms with E-state index in [0.29, 0.717) is 33.1 Å². The second-order valence-corrected chi connectivity index (χ2v) is 5.63. The molecule has 0 aromatic carbocycles. The molecule has 0 aliphatic carbocycles. The third-order valence-corrected chi connectivity index (χ3v) is 3.60. The summed E-state index contributed by atoms with van der Waals surface area (Å²) in [5, 5.41) is 13.6. The van der Waals surface area contributed by atoms with E-state index in [1.165, 1.54) is 16.9 Å². The number of hydrogen-bond acceptors (Lipinski definition) is 4. The molecule has 0 radical (unpaired) electrons. The van der Waals surface area contributed by atoms with Crippen LogP contribution in [0.4, 0.5) is 0 Å². The van der Waals surface area contributed by atoms with Crippen LogP contribution in [0.15, 0.2) is 29.5 Å². The van der Waals surface area contributed by atoms with Gasteiger partial charge in [-0.15, -0.1) is 0 Å². The summed E-state index contributed by atoms with van der Waals surface area (Å²) in [5.74, 6) is -0.0307. The first-order chi connectivity index (χ1) is 10.5. The molecule has 3 aromatic heterocycles. The minimum atomic E-state index is -0.250. The lowest BCUT2D eigenvalue weighted by Crippen LogP contribution is -2.22. The van der Waals surface area contributed by atoms with Gasteiger partial charge in [-0.3, -0.25) is 9.78 Å². The highest BCUT2D eigenvalue weighted by molar-refractivity contribution is 6.30. The Hall–Kier alpha value is -2.65. The number of fused-ring (bicyclic) bond motifs is 1. The molecule has 6 nitrogen and oxygen atoms in total. The third-order valence-electron chi connectivity index (χ3n) is 3.40. The molecule has 0 atom stereocenters. The highest BCUT2D eigenvalue weighted by atomic mass is 35.5. The highest BCUT2D eigenvalue weighted by Gasteiger charge is 2.19. The molecule has 3 aromatic rings. The molecule has 0 unspecified atom stereocenters. The summed E-state index contributed by atoms with van der Waals surface area (Å²) in [5.41, 5.74) is 2.31. The molecule has 3 heterocycles. The summed E-state index contributed by atoms with van der Waals surface area (Å²) < 4.78 is 1.22. The summed E-state index contributed by atoms with van der Waals surface area (Å²) in [6.45, 7) is 3.85. The molecule has 110 valence electrons. The Bertz CT molecular complexity index is 964. The molecule has 0 spiro atoms. The van der Waals surface area contributed by atoms with E-state index in [2.05, 4.69) is 15.1 Å². The van der Waals surface area contributed by atoms with Crippen LogP contribution in [-0.2, 0) is 0 Å². The molecule has 0 fully saturated rings. The van der Waals surface area contributed by atoms with Gasteiger partial charge in [0.1, 0.15) is 11.6 Å². The Kier molecular flexibility index (Phi) is 3.43. The van der Waals surface area contributed by atoms with Gasteiger partial charge in [-0.05, 0) is 12.0 Å². The molecule has 0 aliphatic rings. The first-order valence-corrected chi connectivity index (χ1v) is 7.05. The van der Waals surface area contributed by atoms with Crippen LogP contribution in [0.25, 0.3) is 16.9 Å². The number of aromatic amines is 1. The fourth-order valence-corrected chi connectivity index (χ4v) is 2.60. The summed E-state index contributed by atoms with van der Waals surface area (Å²) in [6.07, 6.45) is 4.52. The maximum absolute atomic E-state index is 12.7. The number of hydrogen-bond donors (Lipinski definition) is 1. The number of aromatic nitrogens is 4. The SMILES string of the molecule is CC(C)c1c(-c2cncc(Cl)c2)[nH]c2c(C#N)cnn2c1=O. The lowest BCUT2D eigenvalue weighted by atomic mass is 9.99. The molecular weight excluding hydrogens is 302 g/mol. The van der Waals surface area contributed by atoms with Crippen LogP contribution in [0.3, 0.4) is 0 Å². The topological polar surface area (TPSA) is 86.8 Å². The minimum absolute atomic E-state index is 0.0307. The van der Waals surface area contributed by atoms with Gasteiger partial charge in [-0.2, -0.15) is 14.9 Å². The Labute approximate surface area is 131 Å². The average molecular weight is 314 g/mol. The van der Waals surface area contributed by atoms with Gasteiger partial charge >= 0.3 is 0 Å². The molecular formula is C15H12ClN5O. The molecule has 3 rings (SSSR count). The number of nitriles is 1. The molecule has 22 heavy (non-hydrogen) atoms. The zero-order valence-electron chi connectivity index (χ0n) is 12.0. The van der Waals surface area contributed by atoms with Gasteiger partial charge in [0.15, 0.2) is 5.65 Å². The maximum Gasteiger partial charge on any atom is 0.278 e. The van der Waals surface area contributed by atoms with Crippen molar-refractivity contribution in [1.29, 1.82) is 5.26 Å². The van der Waals surface area contributed by atoms with Crippen LogP contribution >= 0.6 is 11.6 Å². The first-order valence-electron chi connectivity index (χ1n) is 6.68. The summed E-state index contributed by atoms with van der Waals surface area (Å²) >= 11 is 6.00. The Morgan fingerprint density at radius 3 is 2.77 bits per heavy atom. The molecule has 1 N–H and O–H groups in total. The van der Waals surface area contributed by atoms with Gasteiger partial charge in [0.2, 0.25) is 0 Å². The average Bonchev–Trinajstić information content (AvgIpc) is 2.90. The van der Waals surface area contributed by atoms with Crippen molar-refractivity contribution in [2.75, 3.05) is 0 Å². The normalized spacial score (nSPS) is 11.0. The second kappa shape index (κ2) is 5.28. The number of H-pyrrole nitrogens is 1. The number of rotatable bonds is 2. The smallest absolute Gasteiger partial charge is 0.278 e. The zero-order chi connectivity index (χ0) is 15.9. The van der Waals surface area contributed by atoms with E-state index in [9.17, 15) is 4.79 Å². The van der Waals surface area contributed by atoms with E-state index in [0.717, 1.165) is 0 Å². The Morgan fingerprint density at radius 1 is 1.36 bits per heavy atom. The van der Waals surface area contributed by atoms with Gasteiger partial charge in [0.25, 0.3) is 5.56 Å². The predicted molar refractivity (Wildman–Crippen MR) is 82.9 cm³/mol. The van der Waals surface area contributed by atoms with Crippen LogP contribution in [0.5, 0.6) is 0 Å². The summed E-state index contributed by atoms with van der Waals surface area (Å²) in [7, 11) is 0. The molecule has 0 bridgehead atoms. The Morgan fingerprint density at radius 2 is 2.14 bits per heavy atom. The van der Waals surface area contributed by atoms with Crippen molar-refractivity contribution >= 4 is 17.2 Å². The maximum atomic E-state index is 12.7. The molecule has 0 saturated carbocycles. The first kappa shape index (κ1) is 14.3. The van der Waals surface area contributed by atoms with Gasteiger partial charge in [-0.1, -0.05) is 25.4 Å². The number of nitrogens with one attached hydrogen (secondary N) is 1.